The van der Waals surface area contributed by atoms with Gasteiger partial charge in [-0.3, -0.25) is 4.79 Å². The zero-order valence-corrected chi connectivity index (χ0v) is 12.6. The van der Waals surface area contributed by atoms with Gasteiger partial charge in [0.2, 0.25) is 6.79 Å². The van der Waals surface area contributed by atoms with E-state index < -0.39 is 12.3 Å². The Morgan fingerprint density at radius 2 is 1.68 bits per heavy atom. The number of benzene rings is 2. The van der Waals surface area contributed by atoms with Crippen LogP contribution in [0, 0.1) is 0 Å². The van der Waals surface area contributed by atoms with Gasteiger partial charge in [-0.1, -0.05) is 12.1 Å². The van der Waals surface area contributed by atoms with E-state index in [0.29, 0.717) is 28.4 Å². The Hall–Kier alpha value is -2.90. The zero-order valence-electron chi connectivity index (χ0n) is 12.6. The van der Waals surface area contributed by atoms with Crippen molar-refractivity contribution in [2.24, 2.45) is 0 Å². The Morgan fingerprint density at radius 3 is 2.36 bits per heavy atom. The number of carbonyl (C=O) groups is 1. The average Bonchev–Trinajstić information content (AvgIpc) is 2.98. The van der Waals surface area contributed by atoms with Gasteiger partial charge in [-0.05, 0) is 23.8 Å². The maximum atomic E-state index is 12.3. The van der Waals surface area contributed by atoms with Gasteiger partial charge in [-0.25, -0.2) is 0 Å². The second-order valence-electron chi connectivity index (χ2n) is 5.59. The normalized spacial score (nSPS) is 18.5. The van der Waals surface area contributed by atoms with E-state index >= 15 is 0 Å². The summed E-state index contributed by atoms with van der Waals surface area (Å²) in [6.07, 6.45) is -4.67. The van der Waals surface area contributed by atoms with E-state index in [1.54, 1.807) is 12.1 Å². The Labute approximate surface area is 139 Å². The van der Waals surface area contributed by atoms with Crippen molar-refractivity contribution in [3.8, 4) is 23.0 Å². The summed E-state index contributed by atoms with van der Waals surface area (Å²) in [5, 5.41) is 0. The van der Waals surface area contributed by atoms with Crippen molar-refractivity contribution in [1.29, 1.82) is 0 Å². The molecule has 0 N–H and O–H groups in total. The zero-order chi connectivity index (χ0) is 17.6. The molecule has 0 bridgehead atoms. The van der Waals surface area contributed by atoms with Crippen molar-refractivity contribution in [3.63, 3.8) is 0 Å². The molecular formula is C17H11F3O5. The summed E-state index contributed by atoms with van der Waals surface area (Å²) < 4.78 is 56.5. The lowest BCUT2D eigenvalue weighted by atomic mass is 9.86. The van der Waals surface area contributed by atoms with Gasteiger partial charge in [0.1, 0.15) is 11.5 Å². The molecule has 0 fully saturated rings. The molecule has 2 aliphatic heterocycles. The highest BCUT2D eigenvalue weighted by molar-refractivity contribution is 5.78. The van der Waals surface area contributed by atoms with E-state index in [0.717, 1.165) is 0 Å². The van der Waals surface area contributed by atoms with Gasteiger partial charge < -0.3 is 18.9 Å². The van der Waals surface area contributed by atoms with E-state index in [4.69, 9.17) is 14.2 Å². The summed E-state index contributed by atoms with van der Waals surface area (Å²) in [7, 11) is 0. The van der Waals surface area contributed by atoms with Gasteiger partial charge in [0.15, 0.2) is 11.5 Å². The second kappa shape index (κ2) is 5.58. The highest BCUT2D eigenvalue weighted by Gasteiger charge is 2.33. The van der Waals surface area contributed by atoms with Crippen molar-refractivity contribution >= 4 is 5.97 Å². The monoisotopic (exact) mass is 352 g/mol. The van der Waals surface area contributed by atoms with Crippen molar-refractivity contribution in [2.75, 3.05) is 6.79 Å². The fourth-order valence-corrected chi connectivity index (χ4v) is 2.94. The molecule has 8 heteroatoms. The van der Waals surface area contributed by atoms with Crippen LogP contribution in [0.2, 0.25) is 0 Å². The van der Waals surface area contributed by atoms with Crippen LogP contribution in [0.4, 0.5) is 13.2 Å². The molecule has 0 saturated heterocycles. The molecule has 2 heterocycles. The molecular weight excluding hydrogens is 341 g/mol. The lowest BCUT2D eigenvalue weighted by Crippen LogP contribution is -2.21. The number of ether oxygens (including phenoxy) is 4. The summed E-state index contributed by atoms with van der Waals surface area (Å²) in [5.41, 5.74) is 1.39. The van der Waals surface area contributed by atoms with Gasteiger partial charge in [-0.15, -0.1) is 13.2 Å². The number of esters is 1. The predicted octanol–water partition coefficient (Wildman–Crippen LogP) is 3.75. The fraction of sp³-hybridized carbons (Fsp3) is 0.235. The molecule has 0 radical (unpaired) electrons. The third-order valence-electron chi connectivity index (χ3n) is 3.99. The molecule has 0 saturated carbocycles. The molecule has 5 nitrogen and oxygen atoms in total. The maximum Gasteiger partial charge on any atom is 0.573 e. The number of carbonyl (C=O) groups excluding carboxylic acids is 1. The first-order valence-corrected chi connectivity index (χ1v) is 7.39. The minimum atomic E-state index is -4.75. The summed E-state index contributed by atoms with van der Waals surface area (Å²) >= 11 is 0. The number of rotatable bonds is 2. The van der Waals surface area contributed by atoms with E-state index in [2.05, 4.69) is 4.74 Å². The summed E-state index contributed by atoms with van der Waals surface area (Å²) in [6.45, 7) is 0.0836. The Balaban J connectivity index is 1.68. The molecule has 25 heavy (non-hydrogen) atoms. The molecule has 2 aromatic carbocycles. The second-order valence-corrected chi connectivity index (χ2v) is 5.59. The molecule has 2 aliphatic rings. The lowest BCUT2D eigenvalue weighted by Gasteiger charge is -2.25. The number of alkyl halides is 3. The van der Waals surface area contributed by atoms with Crippen LogP contribution in [0.5, 0.6) is 23.0 Å². The predicted molar refractivity (Wildman–Crippen MR) is 77.8 cm³/mol. The molecule has 0 aliphatic carbocycles. The molecule has 130 valence electrons. The van der Waals surface area contributed by atoms with Crippen LogP contribution in [-0.2, 0) is 4.79 Å². The van der Waals surface area contributed by atoms with Gasteiger partial charge in [0.05, 0.1) is 6.42 Å². The highest BCUT2D eigenvalue weighted by Crippen LogP contribution is 2.46. The molecule has 4 rings (SSSR count). The summed E-state index contributed by atoms with van der Waals surface area (Å²) in [6, 6.07) is 8.75. The van der Waals surface area contributed by atoms with Crippen molar-refractivity contribution < 1.29 is 36.9 Å². The van der Waals surface area contributed by atoms with Gasteiger partial charge in [-0.2, -0.15) is 0 Å². The minimum Gasteiger partial charge on any atom is -0.454 e. The number of fused-ring (bicyclic) bond motifs is 2. The van der Waals surface area contributed by atoms with E-state index in [1.807, 2.05) is 0 Å². The lowest BCUT2D eigenvalue weighted by molar-refractivity contribution is -0.274. The van der Waals surface area contributed by atoms with Gasteiger partial charge >= 0.3 is 12.3 Å². The third kappa shape index (κ3) is 3.07. The van der Waals surface area contributed by atoms with Crippen LogP contribution in [0.3, 0.4) is 0 Å². The number of hydrogen-bond donors (Lipinski definition) is 0. The third-order valence-corrected chi connectivity index (χ3v) is 3.99. The smallest absolute Gasteiger partial charge is 0.454 e. The first-order valence-electron chi connectivity index (χ1n) is 7.39. The van der Waals surface area contributed by atoms with E-state index in [-0.39, 0.29) is 24.9 Å². The number of halogens is 3. The van der Waals surface area contributed by atoms with Gasteiger partial charge in [0.25, 0.3) is 0 Å². The Bertz CT molecular complexity index is 829. The average molecular weight is 352 g/mol. The van der Waals surface area contributed by atoms with Gasteiger partial charge in [0, 0.05) is 17.5 Å². The highest BCUT2D eigenvalue weighted by atomic mass is 19.4. The SMILES string of the molecule is O=C1C[C@H](c2ccc(OC(F)(F)F)cc2)c2cc3c(cc2O1)OCO3. The van der Waals surface area contributed by atoms with E-state index in [9.17, 15) is 18.0 Å². The van der Waals surface area contributed by atoms with Crippen LogP contribution in [0.25, 0.3) is 0 Å². The molecule has 0 aromatic heterocycles. The van der Waals surface area contributed by atoms with Crippen LogP contribution >= 0.6 is 0 Å². The molecule has 2 aromatic rings. The first-order chi connectivity index (χ1) is 11.9. The quantitative estimate of drug-likeness (QED) is 0.609. The summed E-state index contributed by atoms with van der Waals surface area (Å²) in [5.74, 6) is 0.291. The minimum absolute atomic E-state index is 0.0755. The number of hydrogen-bond acceptors (Lipinski definition) is 5. The van der Waals surface area contributed by atoms with Crippen LogP contribution in [-0.4, -0.2) is 19.1 Å². The molecule has 1 atom stereocenters. The maximum absolute atomic E-state index is 12.3. The van der Waals surface area contributed by atoms with Crippen molar-refractivity contribution in [2.45, 2.75) is 18.7 Å². The topological polar surface area (TPSA) is 54.0 Å². The fourth-order valence-electron chi connectivity index (χ4n) is 2.94. The molecule has 0 amide bonds. The van der Waals surface area contributed by atoms with Crippen molar-refractivity contribution in [1.82, 2.24) is 0 Å². The standard InChI is InChI=1S/C17H11F3O5/c18-17(19,20)25-10-3-1-9(2-4-10)11-6-16(21)24-13-7-15-14(5-12(11)13)22-8-23-15/h1-5,7,11H,6,8H2/t11-/m1/s1. The van der Waals surface area contributed by atoms with Crippen molar-refractivity contribution in [3.05, 3.63) is 47.5 Å². The van der Waals surface area contributed by atoms with Crippen LogP contribution in [0.1, 0.15) is 23.5 Å². The molecule has 0 unspecified atom stereocenters. The Morgan fingerprint density at radius 1 is 1.00 bits per heavy atom. The van der Waals surface area contributed by atoms with Crippen LogP contribution in [0.15, 0.2) is 36.4 Å². The molecule has 0 spiro atoms. The summed E-state index contributed by atoms with van der Waals surface area (Å²) in [4.78, 5) is 11.9. The van der Waals surface area contributed by atoms with Crippen LogP contribution < -0.4 is 18.9 Å². The Kier molecular flexibility index (Phi) is 3.48. The largest absolute Gasteiger partial charge is 0.573 e. The van der Waals surface area contributed by atoms with E-state index in [1.165, 1.54) is 24.3 Å². The first kappa shape index (κ1) is 15.6.